The third-order valence-corrected chi connectivity index (χ3v) is 5.30. The molecular weight excluding hydrogens is 388 g/mol. The van der Waals surface area contributed by atoms with Gasteiger partial charge in [-0.1, -0.05) is 101 Å². The lowest BCUT2D eigenvalue weighted by atomic mass is 10.1. The first-order valence-electron chi connectivity index (χ1n) is 11.8. The fourth-order valence-electron chi connectivity index (χ4n) is 3.50. The minimum absolute atomic E-state index is 0.218. The van der Waals surface area contributed by atoms with E-state index in [1.54, 1.807) is 48.5 Å². The highest BCUT2D eigenvalue weighted by Crippen LogP contribution is 2.16. The highest BCUT2D eigenvalue weighted by Gasteiger charge is 2.19. The Morgan fingerprint density at radius 2 is 1.10 bits per heavy atom. The SMILES string of the molecule is CCCCCCCCCCCCCOC(=O)c1ccccc1C(=O)Oc1ccccc1. The van der Waals surface area contributed by atoms with Crippen molar-refractivity contribution in [3.63, 3.8) is 0 Å². The van der Waals surface area contributed by atoms with Gasteiger partial charge in [-0.05, 0) is 30.7 Å². The van der Waals surface area contributed by atoms with Crippen molar-refractivity contribution in [2.75, 3.05) is 6.61 Å². The Morgan fingerprint density at radius 1 is 0.613 bits per heavy atom. The molecule has 0 bridgehead atoms. The Kier molecular flexibility index (Phi) is 12.1. The second-order valence-electron chi connectivity index (χ2n) is 7.92. The Balaban J connectivity index is 1.65. The zero-order valence-corrected chi connectivity index (χ0v) is 18.8. The molecule has 4 heteroatoms. The number of ether oxygens (including phenoxy) is 2. The smallest absolute Gasteiger partial charge is 0.344 e. The first kappa shape index (κ1) is 24.6. The maximum atomic E-state index is 12.5. The van der Waals surface area contributed by atoms with Crippen LogP contribution in [0.5, 0.6) is 5.75 Å². The lowest BCUT2D eigenvalue weighted by Gasteiger charge is -2.09. The van der Waals surface area contributed by atoms with Gasteiger partial charge >= 0.3 is 11.9 Å². The molecule has 2 aromatic carbocycles. The van der Waals surface area contributed by atoms with Crippen LogP contribution in [0.15, 0.2) is 54.6 Å². The molecule has 0 saturated heterocycles. The van der Waals surface area contributed by atoms with Crippen molar-refractivity contribution >= 4 is 11.9 Å². The molecule has 31 heavy (non-hydrogen) atoms. The molecule has 0 aliphatic rings. The molecule has 0 unspecified atom stereocenters. The number of carbonyl (C=O) groups excluding carboxylic acids is 2. The Morgan fingerprint density at radius 3 is 1.68 bits per heavy atom. The third kappa shape index (κ3) is 9.82. The Bertz CT molecular complexity index is 770. The monoisotopic (exact) mass is 424 g/mol. The number of hydrogen-bond acceptors (Lipinski definition) is 4. The molecule has 0 N–H and O–H groups in total. The summed E-state index contributed by atoms with van der Waals surface area (Å²) in [5.74, 6) is -0.599. The Hall–Kier alpha value is -2.62. The predicted octanol–water partition coefficient (Wildman–Crippen LogP) is 7.37. The van der Waals surface area contributed by atoms with Crippen molar-refractivity contribution in [2.45, 2.75) is 77.6 Å². The molecule has 0 amide bonds. The molecule has 0 atom stereocenters. The van der Waals surface area contributed by atoms with Crippen molar-refractivity contribution in [3.8, 4) is 5.75 Å². The van der Waals surface area contributed by atoms with Crippen molar-refractivity contribution < 1.29 is 19.1 Å². The van der Waals surface area contributed by atoms with Gasteiger partial charge in [-0.3, -0.25) is 0 Å². The second-order valence-corrected chi connectivity index (χ2v) is 7.92. The van der Waals surface area contributed by atoms with Crippen molar-refractivity contribution in [2.24, 2.45) is 0 Å². The lowest BCUT2D eigenvalue weighted by molar-refractivity contribution is 0.0489. The molecule has 0 aromatic heterocycles. The zero-order valence-electron chi connectivity index (χ0n) is 18.8. The minimum Gasteiger partial charge on any atom is -0.462 e. The zero-order chi connectivity index (χ0) is 22.2. The van der Waals surface area contributed by atoms with Crippen LogP contribution >= 0.6 is 0 Å². The topological polar surface area (TPSA) is 52.6 Å². The van der Waals surface area contributed by atoms with Crippen LogP contribution in [-0.2, 0) is 4.74 Å². The van der Waals surface area contributed by atoms with Crippen molar-refractivity contribution in [1.29, 1.82) is 0 Å². The largest absolute Gasteiger partial charge is 0.462 e. The molecule has 168 valence electrons. The number of carbonyl (C=O) groups is 2. The van der Waals surface area contributed by atoms with Gasteiger partial charge in [-0.15, -0.1) is 0 Å². The van der Waals surface area contributed by atoms with Crippen molar-refractivity contribution in [1.82, 2.24) is 0 Å². The summed E-state index contributed by atoms with van der Waals surface area (Å²) in [5, 5.41) is 0. The molecule has 0 spiro atoms. The van der Waals surface area contributed by atoms with Crippen LogP contribution in [0, 0.1) is 0 Å². The van der Waals surface area contributed by atoms with Gasteiger partial charge in [0.05, 0.1) is 17.7 Å². The van der Waals surface area contributed by atoms with E-state index in [1.165, 1.54) is 57.8 Å². The number of rotatable bonds is 15. The molecule has 0 aliphatic carbocycles. The summed E-state index contributed by atoms with van der Waals surface area (Å²) in [6.07, 6.45) is 13.7. The van der Waals surface area contributed by atoms with Crippen LogP contribution in [0.25, 0.3) is 0 Å². The van der Waals surface area contributed by atoms with Gasteiger partial charge in [0.25, 0.3) is 0 Å². The van der Waals surface area contributed by atoms with E-state index in [1.807, 2.05) is 6.07 Å². The van der Waals surface area contributed by atoms with Gasteiger partial charge < -0.3 is 9.47 Å². The van der Waals surface area contributed by atoms with Gasteiger partial charge in [-0.25, -0.2) is 9.59 Å². The van der Waals surface area contributed by atoms with E-state index in [9.17, 15) is 9.59 Å². The number of unbranched alkanes of at least 4 members (excludes halogenated alkanes) is 10. The fourth-order valence-corrected chi connectivity index (χ4v) is 3.50. The van der Waals surface area contributed by atoms with Crippen LogP contribution in [0.3, 0.4) is 0 Å². The van der Waals surface area contributed by atoms with Crippen LogP contribution in [0.2, 0.25) is 0 Å². The van der Waals surface area contributed by atoms with Crippen LogP contribution in [-0.4, -0.2) is 18.5 Å². The summed E-state index contributed by atoms with van der Waals surface area (Å²) < 4.78 is 10.8. The van der Waals surface area contributed by atoms with Gasteiger partial charge in [0.1, 0.15) is 5.75 Å². The molecule has 0 fully saturated rings. The van der Waals surface area contributed by atoms with E-state index in [-0.39, 0.29) is 11.1 Å². The minimum atomic E-state index is -0.562. The molecule has 0 saturated carbocycles. The average molecular weight is 425 g/mol. The summed E-state index contributed by atoms with van der Waals surface area (Å²) in [6, 6.07) is 15.4. The number of esters is 2. The third-order valence-electron chi connectivity index (χ3n) is 5.30. The summed E-state index contributed by atoms with van der Waals surface area (Å²) in [7, 11) is 0. The highest BCUT2D eigenvalue weighted by atomic mass is 16.5. The maximum Gasteiger partial charge on any atom is 0.344 e. The van der Waals surface area contributed by atoms with Gasteiger partial charge in [0.15, 0.2) is 0 Å². The summed E-state index contributed by atoms with van der Waals surface area (Å²) in [6.45, 7) is 2.62. The number of hydrogen-bond donors (Lipinski definition) is 0. The van der Waals surface area contributed by atoms with E-state index in [2.05, 4.69) is 6.92 Å². The Labute approximate surface area is 187 Å². The van der Waals surface area contributed by atoms with Crippen LogP contribution < -0.4 is 4.74 Å². The summed E-state index contributed by atoms with van der Waals surface area (Å²) in [5.41, 5.74) is 0.460. The van der Waals surface area contributed by atoms with Crippen LogP contribution in [0.1, 0.15) is 98.3 Å². The average Bonchev–Trinajstić information content (AvgIpc) is 2.80. The molecule has 2 aromatic rings. The molecule has 0 heterocycles. The molecular formula is C27H36O4. The fraction of sp³-hybridized carbons (Fsp3) is 0.481. The van der Waals surface area contributed by atoms with Gasteiger partial charge in [0, 0.05) is 0 Å². The quantitative estimate of drug-likeness (QED) is 0.170. The first-order chi connectivity index (χ1) is 15.2. The normalized spacial score (nSPS) is 10.6. The molecule has 0 radical (unpaired) electrons. The lowest BCUT2D eigenvalue weighted by Crippen LogP contribution is -2.16. The molecule has 0 aliphatic heterocycles. The second kappa shape index (κ2) is 15.2. The van der Waals surface area contributed by atoms with E-state index in [4.69, 9.17) is 9.47 Å². The molecule has 2 rings (SSSR count). The predicted molar refractivity (Wildman–Crippen MR) is 125 cm³/mol. The standard InChI is InChI=1S/C27H36O4/c1-2-3-4-5-6-7-8-9-10-11-17-22-30-26(28)24-20-15-16-21-25(24)27(29)31-23-18-13-12-14-19-23/h12-16,18-21H,2-11,17,22H2,1H3. The highest BCUT2D eigenvalue weighted by molar-refractivity contribution is 6.03. The number of benzene rings is 2. The summed E-state index contributed by atoms with van der Waals surface area (Å²) in [4.78, 5) is 25.0. The first-order valence-corrected chi connectivity index (χ1v) is 11.8. The maximum absolute atomic E-state index is 12.5. The van der Waals surface area contributed by atoms with Crippen molar-refractivity contribution in [3.05, 3.63) is 65.7 Å². The van der Waals surface area contributed by atoms with E-state index in [0.717, 1.165) is 12.8 Å². The number of para-hydroxylation sites is 1. The summed E-state index contributed by atoms with van der Waals surface area (Å²) >= 11 is 0. The molecule has 4 nitrogen and oxygen atoms in total. The van der Waals surface area contributed by atoms with E-state index < -0.39 is 11.9 Å². The van der Waals surface area contributed by atoms with Crippen LogP contribution in [0.4, 0.5) is 0 Å². The van der Waals surface area contributed by atoms with Gasteiger partial charge in [-0.2, -0.15) is 0 Å². The van der Waals surface area contributed by atoms with E-state index >= 15 is 0 Å². The van der Waals surface area contributed by atoms with Gasteiger partial charge in [0.2, 0.25) is 0 Å². The van der Waals surface area contributed by atoms with E-state index in [0.29, 0.717) is 12.4 Å².